The molecule has 2 rings (SSSR count). The molecule has 0 spiro atoms. The molecule has 2 nitrogen and oxygen atoms in total. The first-order chi connectivity index (χ1) is 6.14. The number of carbonyl (C=O) groups is 1. The van der Waals surface area contributed by atoms with E-state index in [0.717, 1.165) is 18.4 Å². The summed E-state index contributed by atoms with van der Waals surface area (Å²) in [5.41, 5.74) is 1.52. The van der Waals surface area contributed by atoms with Gasteiger partial charge in [-0.3, -0.25) is 4.79 Å². The second-order valence-corrected chi connectivity index (χ2v) is 3.79. The second-order valence-electron chi connectivity index (χ2n) is 3.79. The van der Waals surface area contributed by atoms with E-state index in [4.69, 9.17) is 5.11 Å². The van der Waals surface area contributed by atoms with Crippen LogP contribution in [0.5, 0.6) is 0 Å². The summed E-state index contributed by atoms with van der Waals surface area (Å²) in [6.07, 6.45) is 1.61. The maximum absolute atomic E-state index is 11.1. The smallest absolute Gasteiger partial charge is 0.313 e. The molecule has 0 fully saturated rings. The second kappa shape index (κ2) is 2.59. The van der Waals surface area contributed by atoms with Crippen molar-refractivity contribution in [2.24, 2.45) is 0 Å². The van der Waals surface area contributed by atoms with Crippen molar-refractivity contribution in [3.8, 4) is 0 Å². The average molecular weight is 176 g/mol. The summed E-state index contributed by atoms with van der Waals surface area (Å²) in [7, 11) is 0. The quantitative estimate of drug-likeness (QED) is 0.710. The van der Waals surface area contributed by atoms with E-state index in [-0.39, 0.29) is 0 Å². The minimum atomic E-state index is -0.711. The fraction of sp³-hybridized carbons (Fsp3) is 0.364. The first-order valence-corrected chi connectivity index (χ1v) is 4.46. The van der Waals surface area contributed by atoms with Crippen molar-refractivity contribution < 1.29 is 9.90 Å². The molecular weight excluding hydrogens is 164 g/mol. The molecule has 0 bridgehead atoms. The molecule has 1 aromatic rings. The predicted molar refractivity (Wildman–Crippen MR) is 49.8 cm³/mol. The highest BCUT2D eigenvalue weighted by molar-refractivity contribution is 5.82. The zero-order chi connectivity index (χ0) is 9.47. The number of hydrogen-bond acceptors (Lipinski definition) is 1. The van der Waals surface area contributed by atoms with E-state index in [9.17, 15) is 4.79 Å². The van der Waals surface area contributed by atoms with Crippen molar-refractivity contribution >= 4 is 5.97 Å². The Morgan fingerprint density at radius 1 is 1.46 bits per heavy atom. The monoisotopic (exact) mass is 176 g/mol. The van der Waals surface area contributed by atoms with E-state index >= 15 is 0 Å². The Kier molecular flexibility index (Phi) is 1.65. The minimum absolute atomic E-state index is 0.656. The normalized spacial score (nSPS) is 25.6. The molecule has 1 N–H and O–H groups in total. The van der Waals surface area contributed by atoms with Gasteiger partial charge in [0.15, 0.2) is 0 Å². The van der Waals surface area contributed by atoms with Crippen LogP contribution in [0.4, 0.5) is 0 Å². The molecular formula is C11H12O2. The Morgan fingerprint density at radius 2 is 2.15 bits per heavy atom. The molecule has 1 aliphatic rings. The molecule has 68 valence electrons. The fourth-order valence-corrected chi connectivity index (χ4v) is 2.02. The Balaban J connectivity index is 2.55. The lowest BCUT2D eigenvalue weighted by atomic mass is 9.84. The summed E-state index contributed by atoms with van der Waals surface area (Å²) in [4.78, 5) is 11.1. The molecule has 1 aromatic carbocycles. The number of carboxylic acid groups (broad SMARTS) is 1. The third kappa shape index (κ3) is 1.05. The Bertz CT molecular complexity index is 357. The highest BCUT2D eigenvalue weighted by atomic mass is 16.4. The highest BCUT2D eigenvalue weighted by Crippen LogP contribution is 2.38. The molecule has 0 aromatic heterocycles. The van der Waals surface area contributed by atoms with Crippen LogP contribution in [0.25, 0.3) is 0 Å². The van der Waals surface area contributed by atoms with Gasteiger partial charge in [0.05, 0.1) is 5.41 Å². The summed E-state index contributed by atoms with van der Waals surface area (Å²) < 4.78 is 0. The molecule has 0 unspecified atom stereocenters. The van der Waals surface area contributed by atoms with E-state index in [0.29, 0.717) is 0 Å². The molecule has 2 heteroatoms. The van der Waals surface area contributed by atoms with E-state index in [2.05, 4.69) is 0 Å². The molecule has 0 radical (unpaired) electrons. The molecule has 1 atom stereocenters. The summed E-state index contributed by atoms with van der Waals surface area (Å²) in [5, 5.41) is 9.12. The van der Waals surface area contributed by atoms with Crippen LogP contribution in [-0.4, -0.2) is 11.1 Å². The van der Waals surface area contributed by atoms with Crippen molar-refractivity contribution in [2.75, 3.05) is 0 Å². The summed E-state index contributed by atoms with van der Waals surface area (Å²) >= 11 is 0. The first-order valence-electron chi connectivity index (χ1n) is 4.46. The first kappa shape index (κ1) is 8.30. The molecule has 13 heavy (non-hydrogen) atoms. The topological polar surface area (TPSA) is 37.3 Å². The van der Waals surface area contributed by atoms with Gasteiger partial charge in [-0.1, -0.05) is 24.3 Å². The minimum Gasteiger partial charge on any atom is -0.481 e. The number of carboxylic acids is 1. The van der Waals surface area contributed by atoms with Gasteiger partial charge in [0.1, 0.15) is 0 Å². The van der Waals surface area contributed by atoms with Gasteiger partial charge in [-0.25, -0.2) is 0 Å². The number of hydrogen-bond donors (Lipinski definition) is 1. The van der Waals surface area contributed by atoms with Gasteiger partial charge < -0.3 is 5.11 Å². The average Bonchev–Trinajstić information content (AvgIpc) is 2.47. The Labute approximate surface area is 77.2 Å². The molecule has 0 aliphatic heterocycles. The number of rotatable bonds is 1. The van der Waals surface area contributed by atoms with Gasteiger partial charge in [0.2, 0.25) is 0 Å². The van der Waals surface area contributed by atoms with Gasteiger partial charge in [0, 0.05) is 0 Å². The van der Waals surface area contributed by atoms with Crippen molar-refractivity contribution in [2.45, 2.75) is 25.2 Å². The predicted octanol–water partition coefficient (Wildman–Crippen LogP) is 1.98. The van der Waals surface area contributed by atoms with E-state index in [1.54, 1.807) is 6.92 Å². The lowest BCUT2D eigenvalue weighted by Crippen LogP contribution is -2.29. The van der Waals surface area contributed by atoms with E-state index in [1.807, 2.05) is 24.3 Å². The SMILES string of the molecule is C[C@@]1(C(=O)O)CCc2ccccc21. The number of fused-ring (bicyclic) bond motifs is 1. The Morgan fingerprint density at radius 3 is 2.85 bits per heavy atom. The van der Waals surface area contributed by atoms with Crippen molar-refractivity contribution in [1.82, 2.24) is 0 Å². The standard InChI is InChI=1S/C11H12O2/c1-11(10(12)13)7-6-8-4-2-3-5-9(8)11/h2-5H,6-7H2,1H3,(H,12,13)/t11-/m1/s1. The molecule has 0 amide bonds. The third-order valence-electron chi connectivity index (χ3n) is 2.98. The lowest BCUT2D eigenvalue weighted by Gasteiger charge is -2.19. The van der Waals surface area contributed by atoms with Gasteiger partial charge >= 0.3 is 5.97 Å². The van der Waals surface area contributed by atoms with Gasteiger partial charge in [-0.15, -0.1) is 0 Å². The largest absolute Gasteiger partial charge is 0.481 e. The fourth-order valence-electron chi connectivity index (χ4n) is 2.02. The number of aryl methyl sites for hydroxylation is 1. The van der Waals surface area contributed by atoms with Crippen molar-refractivity contribution in [3.63, 3.8) is 0 Å². The van der Waals surface area contributed by atoms with Crippen LogP contribution in [0.15, 0.2) is 24.3 Å². The van der Waals surface area contributed by atoms with Crippen LogP contribution in [0.1, 0.15) is 24.5 Å². The van der Waals surface area contributed by atoms with Crippen LogP contribution in [-0.2, 0) is 16.6 Å². The van der Waals surface area contributed by atoms with Crippen LogP contribution >= 0.6 is 0 Å². The lowest BCUT2D eigenvalue weighted by molar-refractivity contribution is -0.143. The summed E-state index contributed by atoms with van der Waals surface area (Å²) in [6.45, 7) is 1.81. The molecule has 0 saturated heterocycles. The summed E-state index contributed by atoms with van der Waals surface area (Å²) in [5.74, 6) is -0.711. The van der Waals surface area contributed by atoms with Crippen LogP contribution < -0.4 is 0 Å². The Hall–Kier alpha value is -1.31. The van der Waals surface area contributed by atoms with Gasteiger partial charge in [0.25, 0.3) is 0 Å². The third-order valence-corrected chi connectivity index (χ3v) is 2.98. The maximum atomic E-state index is 11.1. The number of benzene rings is 1. The zero-order valence-electron chi connectivity index (χ0n) is 7.58. The van der Waals surface area contributed by atoms with Crippen molar-refractivity contribution in [1.29, 1.82) is 0 Å². The van der Waals surface area contributed by atoms with Crippen LogP contribution in [0.3, 0.4) is 0 Å². The zero-order valence-corrected chi connectivity index (χ0v) is 7.58. The maximum Gasteiger partial charge on any atom is 0.313 e. The van der Waals surface area contributed by atoms with Gasteiger partial charge in [-0.05, 0) is 30.9 Å². The van der Waals surface area contributed by atoms with E-state index in [1.165, 1.54) is 5.56 Å². The van der Waals surface area contributed by atoms with Crippen LogP contribution in [0, 0.1) is 0 Å². The van der Waals surface area contributed by atoms with Gasteiger partial charge in [-0.2, -0.15) is 0 Å². The van der Waals surface area contributed by atoms with E-state index < -0.39 is 11.4 Å². The molecule has 0 saturated carbocycles. The number of aliphatic carboxylic acids is 1. The molecule has 0 heterocycles. The van der Waals surface area contributed by atoms with Crippen molar-refractivity contribution in [3.05, 3.63) is 35.4 Å². The van der Waals surface area contributed by atoms with Crippen LogP contribution in [0.2, 0.25) is 0 Å². The summed E-state index contributed by atoms with van der Waals surface area (Å²) in [6, 6.07) is 7.82. The highest BCUT2D eigenvalue weighted by Gasteiger charge is 2.40. The molecule has 1 aliphatic carbocycles.